The second-order valence-corrected chi connectivity index (χ2v) is 6.51. The van der Waals surface area contributed by atoms with Crippen LogP contribution in [0.4, 0.5) is 0 Å². The lowest BCUT2D eigenvalue weighted by atomic mass is 10.0. The molecule has 4 heteroatoms. The van der Waals surface area contributed by atoms with E-state index >= 15 is 0 Å². The van der Waals surface area contributed by atoms with E-state index in [4.69, 9.17) is 4.74 Å². The van der Waals surface area contributed by atoms with Gasteiger partial charge < -0.3 is 9.53 Å². The summed E-state index contributed by atoms with van der Waals surface area (Å²) in [4.78, 5) is 24.6. The zero-order valence-electron chi connectivity index (χ0n) is 15.5. The molecule has 0 saturated heterocycles. The minimum absolute atomic E-state index is 0.0146. The lowest BCUT2D eigenvalue weighted by Crippen LogP contribution is -2.42. The van der Waals surface area contributed by atoms with Crippen LogP contribution in [0.1, 0.15) is 37.8 Å². The van der Waals surface area contributed by atoms with E-state index in [1.807, 2.05) is 36.4 Å². The van der Waals surface area contributed by atoms with E-state index in [1.165, 1.54) is 18.1 Å². The highest BCUT2D eigenvalue weighted by atomic mass is 16.5. The highest BCUT2D eigenvalue weighted by molar-refractivity contribution is 5.66. The summed E-state index contributed by atoms with van der Waals surface area (Å²) in [6, 6.07) is 20.5. The average Bonchev–Trinajstić information content (AvgIpc) is 2.65. The number of esters is 1. The zero-order valence-corrected chi connectivity index (χ0v) is 15.5. The van der Waals surface area contributed by atoms with Crippen LogP contribution in [0.25, 0.3) is 0 Å². The van der Waals surface area contributed by atoms with Crippen LogP contribution >= 0.6 is 0 Å². The fraction of sp³-hybridized carbons (Fsp3) is 0.364. The third-order valence-electron chi connectivity index (χ3n) is 4.46. The van der Waals surface area contributed by atoms with E-state index in [0.717, 1.165) is 19.4 Å². The first kappa shape index (κ1) is 19.9. The van der Waals surface area contributed by atoms with Crippen LogP contribution in [-0.4, -0.2) is 29.3 Å². The number of carbonyl (C=O) groups excluding carboxylic acids is 2. The molecule has 0 fully saturated rings. The van der Waals surface area contributed by atoms with Crippen molar-refractivity contribution in [2.45, 2.75) is 51.9 Å². The van der Waals surface area contributed by atoms with Crippen molar-refractivity contribution >= 4 is 12.3 Å². The van der Waals surface area contributed by atoms with Crippen LogP contribution in [0.15, 0.2) is 60.7 Å². The number of hydrogen-bond acceptors (Lipinski definition) is 4. The van der Waals surface area contributed by atoms with Crippen LogP contribution in [0.2, 0.25) is 0 Å². The molecule has 0 bridgehead atoms. The van der Waals surface area contributed by atoms with Gasteiger partial charge in [-0.05, 0) is 24.5 Å². The second kappa shape index (κ2) is 10.5. The van der Waals surface area contributed by atoms with Gasteiger partial charge in [0, 0.05) is 32.5 Å². The number of aldehydes is 1. The number of nitrogens with zero attached hydrogens (tertiary/aromatic N) is 1. The molecule has 26 heavy (non-hydrogen) atoms. The molecule has 0 heterocycles. The summed E-state index contributed by atoms with van der Waals surface area (Å²) in [5.41, 5.74) is 2.40. The van der Waals surface area contributed by atoms with Crippen molar-refractivity contribution in [3.8, 4) is 0 Å². The van der Waals surface area contributed by atoms with E-state index in [1.54, 1.807) is 0 Å². The smallest absolute Gasteiger partial charge is 0.302 e. The zero-order chi connectivity index (χ0) is 18.8. The minimum Gasteiger partial charge on any atom is -0.461 e. The third kappa shape index (κ3) is 6.45. The maximum absolute atomic E-state index is 11.5. The SMILES string of the molecule is CC(=O)O[C@@H](CCC=O)[C@H](C)N(Cc1ccccc1)Cc1ccccc1. The first-order chi connectivity index (χ1) is 12.6. The van der Waals surface area contributed by atoms with Gasteiger partial charge in [0.2, 0.25) is 0 Å². The molecule has 0 aliphatic carbocycles. The van der Waals surface area contributed by atoms with Crippen molar-refractivity contribution < 1.29 is 14.3 Å². The molecule has 2 rings (SSSR count). The Hall–Kier alpha value is -2.46. The van der Waals surface area contributed by atoms with E-state index in [-0.39, 0.29) is 18.1 Å². The van der Waals surface area contributed by atoms with Crippen molar-refractivity contribution in [2.75, 3.05) is 0 Å². The summed E-state index contributed by atoms with van der Waals surface area (Å²) in [5, 5.41) is 0. The molecule has 0 aromatic heterocycles. The molecule has 0 unspecified atom stereocenters. The summed E-state index contributed by atoms with van der Waals surface area (Å²) in [6.07, 6.45) is 1.48. The monoisotopic (exact) mass is 353 g/mol. The summed E-state index contributed by atoms with van der Waals surface area (Å²) in [5.74, 6) is -0.313. The van der Waals surface area contributed by atoms with Gasteiger partial charge in [-0.15, -0.1) is 0 Å². The summed E-state index contributed by atoms with van der Waals surface area (Å²) >= 11 is 0. The van der Waals surface area contributed by atoms with Crippen LogP contribution in [0.5, 0.6) is 0 Å². The van der Waals surface area contributed by atoms with Crippen LogP contribution < -0.4 is 0 Å². The Bertz CT molecular complexity index is 631. The topological polar surface area (TPSA) is 46.6 Å². The van der Waals surface area contributed by atoms with Crippen molar-refractivity contribution in [3.05, 3.63) is 71.8 Å². The average molecular weight is 353 g/mol. The van der Waals surface area contributed by atoms with E-state index in [9.17, 15) is 9.59 Å². The largest absolute Gasteiger partial charge is 0.461 e. The van der Waals surface area contributed by atoms with Gasteiger partial charge in [-0.3, -0.25) is 9.69 Å². The van der Waals surface area contributed by atoms with Crippen LogP contribution in [-0.2, 0) is 27.4 Å². The van der Waals surface area contributed by atoms with Crippen LogP contribution in [0.3, 0.4) is 0 Å². The van der Waals surface area contributed by atoms with Gasteiger partial charge in [0.05, 0.1) is 0 Å². The van der Waals surface area contributed by atoms with Crippen molar-refractivity contribution in [3.63, 3.8) is 0 Å². The maximum atomic E-state index is 11.5. The molecule has 0 N–H and O–H groups in total. The molecule has 2 atom stereocenters. The standard InChI is InChI=1S/C22H27NO3/c1-18(22(14-9-15-24)26-19(2)25)23(16-20-10-5-3-6-11-20)17-21-12-7-4-8-13-21/h3-8,10-13,15,18,22H,9,14,16-17H2,1-2H3/t18-,22-/m0/s1. The molecular formula is C22H27NO3. The quantitative estimate of drug-likeness (QED) is 0.479. The highest BCUT2D eigenvalue weighted by Gasteiger charge is 2.26. The summed E-state index contributed by atoms with van der Waals surface area (Å²) in [6.45, 7) is 4.97. The van der Waals surface area contributed by atoms with Crippen molar-refractivity contribution in [2.24, 2.45) is 0 Å². The molecule has 0 spiro atoms. The molecule has 0 amide bonds. The predicted octanol–water partition coefficient (Wildman–Crippen LogP) is 3.99. The molecule has 0 saturated carbocycles. The Morgan fingerprint density at radius 1 is 1.00 bits per heavy atom. The lowest BCUT2D eigenvalue weighted by Gasteiger charge is -2.34. The molecule has 2 aromatic carbocycles. The van der Waals surface area contributed by atoms with E-state index in [2.05, 4.69) is 36.1 Å². The molecule has 0 radical (unpaired) electrons. The molecule has 0 aliphatic heterocycles. The number of ether oxygens (including phenoxy) is 1. The lowest BCUT2D eigenvalue weighted by molar-refractivity contribution is -0.150. The fourth-order valence-corrected chi connectivity index (χ4v) is 3.06. The maximum Gasteiger partial charge on any atom is 0.302 e. The number of hydrogen-bond donors (Lipinski definition) is 0. The molecule has 4 nitrogen and oxygen atoms in total. The Balaban J connectivity index is 2.20. The normalized spacial score (nSPS) is 13.2. The van der Waals surface area contributed by atoms with Gasteiger partial charge in [0.1, 0.15) is 12.4 Å². The van der Waals surface area contributed by atoms with Gasteiger partial charge in [-0.25, -0.2) is 0 Å². The Labute approximate surface area is 155 Å². The van der Waals surface area contributed by atoms with Crippen LogP contribution in [0, 0.1) is 0 Å². The minimum atomic E-state index is -0.315. The number of benzene rings is 2. The summed E-state index contributed by atoms with van der Waals surface area (Å²) in [7, 11) is 0. The molecule has 0 aliphatic rings. The first-order valence-electron chi connectivity index (χ1n) is 9.03. The fourth-order valence-electron chi connectivity index (χ4n) is 3.06. The molecule has 138 valence electrons. The second-order valence-electron chi connectivity index (χ2n) is 6.51. The Kier molecular flexibility index (Phi) is 8.03. The molecule has 2 aromatic rings. The Morgan fingerprint density at radius 2 is 1.50 bits per heavy atom. The van der Waals surface area contributed by atoms with Gasteiger partial charge in [0.25, 0.3) is 0 Å². The Morgan fingerprint density at radius 3 is 1.92 bits per heavy atom. The van der Waals surface area contributed by atoms with Gasteiger partial charge >= 0.3 is 5.97 Å². The van der Waals surface area contributed by atoms with Gasteiger partial charge in [-0.1, -0.05) is 60.7 Å². The molecular weight excluding hydrogens is 326 g/mol. The first-order valence-corrected chi connectivity index (χ1v) is 9.03. The third-order valence-corrected chi connectivity index (χ3v) is 4.46. The van der Waals surface area contributed by atoms with Crippen molar-refractivity contribution in [1.82, 2.24) is 4.90 Å². The van der Waals surface area contributed by atoms with E-state index in [0.29, 0.717) is 12.8 Å². The summed E-state index contributed by atoms with van der Waals surface area (Å²) < 4.78 is 5.53. The van der Waals surface area contributed by atoms with Gasteiger partial charge in [-0.2, -0.15) is 0 Å². The number of rotatable bonds is 10. The van der Waals surface area contributed by atoms with Gasteiger partial charge in [0.15, 0.2) is 0 Å². The highest BCUT2D eigenvalue weighted by Crippen LogP contribution is 2.19. The predicted molar refractivity (Wildman–Crippen MR) is 102 cm³/mol. The van der Waals surface area contributed by atoms with E-state index < -0.39 is 0 Å². The number of carbonyl (C=O) groups is 2. The van der Waals surface area contributed by atoms with Crippen molar-refractivity contribution in [1.29, 1.82) is 0 Å².